The highest BCUT2D eigenvalue weighted by Crippen LogP contribution is 2.28. The predicted octanol–water partition coefficient (Wildman–Crippen LogP) is 2.63. The van der Waals surface area contributed by atoms with Crippen molar-refractivity contribution in [1.82, 2.24) is 14.9 Å². The van der Waals surface area contributed by atoms with Gasteiger partial charge < -0.3 is 9.80 Å². The molecule has 4 rings (SSSR count). The van der Waals surface area contributed by atoms with Crippen LogP contribution in [0.3, 0.4) is 0 Å². The predicted molar refractivity (Wildman–Crippen MR) is 121 cm³/mol. The van der Waals surface area contributed by atoms with Crippen LogP contribution in [0.2, 0.25) is 0 Å². The molecule has 2 aliphatic heterocycles. The molecule has 1 atom stereocenters. The quantitative estimate of drug-likeness (QED) is 0.797. The number of hydrogen-bond donors (Lipinski definition) is 1. The first-order valence-corrected chi connectivity index (χ1v) is 11.1. The highest BCUT2D eigenvalue weighted by molar-refractivity contribution is 6.00. The minimum absolute atomic E-state index is 0.00413. The summed E-state index contributed by atoms with van der Waals surface area (Å²) in [5.74, 6) is -0.315. The van der Waals surface area contributed by atoms with Crippen molar-refractivity contribution in [3.63, 3.8) is 0 Å². The monoisotopic (exact) mass is 435 g/mol. The molecule has 2 aliphatic rings. The van der Waals surface area contributed by atoms with E-state index in [1.165, 1.54) is 0 Å². The Bertz CT molecular complexity index is 1010. The molecular weight excluding hydrogens is 406 g/mol. The standard InChI is InChI=1S/C24H29N5O3/c1-15-4-6-20(7-5-15)29-14-19(13-21(29)30)23(32)28-10-8-18(9-11-28)22(31)27-24-25-16(2)12-17(3)26-24/h4-7,12,18-19H,8-11,13-14H2,1-3H3,(H,25,26,27,31)/t19-/m0/s1. The maximum Gasteiger partial charge on any atom is 0.229 e. The summed E-state index contributed by atoms with van der Waals surface area (Å²) in [5.41, 5.74) is 3.57. The number of aromatic nitrogens is 2. The Hall–Kier alpha value is -3.29. The summed E-state index contributed by atoms with van der Waals surface area (Å²) in [7, 11) is 0. The smallest absolute Gasteiger partial charge is 0.229 e. The molecule has 8 heteroatoms. The maximum atomic E-state index is 13.0. The molecule has 8 nitrogen and oxygen atoms in total. The lowest BCUT2D eigenvalue weighted by Crippen LogP contribution is -2.44. The Balaban J connectivity index is 1.31. The summed E-state index contributed by atoms with van der Waals surface area (Å²) in [6, 6.07) is 9.63. The third kappa shape index (κ3) is 4.79. The number of hydrogen-bond acceptors (Lipinski definition) is 5. The normalized spacial score (nSPS) is 19.3. The number of rotatable bonds is 4. The van der Waals surface area contributed by atoms with Crippen LogP contribution in [0.4, 0.5) is 11.6 Å². The van der Waals surface area contributed by atoms with Crippen molar-refractivity contribution in [1.29, 1.82) is 0 Å². The van der Waals surface area contributed by atoms with Crippen LogP contribution in [0.25, 0.3) is 0 Å². The van der Waals surface area contributed by atoms with Crippen LogP contribution in [0.5, 0.6) is 0 Å². The van der Waals surface area contributed by atoms with Crippen molar-refractivity contribution in [2.24, 2.45) is 11.8 Å². The van der Waals surface area contributed by atoms with Crippen LogP contribution >= 0.6 is 0 Å². The molecule has 32 heavy (non-hydrogen) atoms. The summed E-state index contributed by atoms with van der Waals surface area (Å²) in [4.78, 5) is 50.2. The van der Waals surface area contributed by atoms with E-state index in [4.69, 9.17) is 0 Å². The molecule has 0 aliphatic carbocycles. The van der Waals surface area contributed by atoms with E-state index >= 15 is 0 Å². The molecule has 2 saturated heterocycles. The summed E-state index contributed by atoms with van der Waals surface area (Å²) in [6.45, 7) is 7.16. The molecule has 0 unspecified atom stereocenters. The summed E-state index contributed by atoms with van der Waals surface area (Å²) < 4.78 is 0. The molecule has 0 radical (unpaired) electrons. The molecule has 168 valence electrons. The largest absolute Gasteiger partial charge is 0.342 e. The Labute approximate surface area is 188 Å². The van der Waals surface area contributed by atoms with Crippen LogP contribution < -0.4 is 10.2 Å². The minimum Gasteiger partial charge on any atom is -0.342 e. The molecular formula is C24H29N5O3. The van der Waals surface area contributed by atoms with Crippen molar-refractivity contribution in [3.05, 3.63) is 47.3 Å². The molecule has 3 heterocycles. The lowest BCUT2D eigenvalue weighted by molar-refractivity contribution is -0.138. The number of nitrogens with zero attached hydrogens (tertiary/aromatic N) is 4. The first-order valence-electron chi connectivity index (χ1n) is 11.1. The maximum absolute atomic E-state index is 13.0. The number of piperidine rings is 1. The topological polar surface area (TPSA) is 95.5 Å². The Morgan fingerprint density at radius 2 is 1.59 bits per heavy atom. The molecule has 1 aromatic heterocycles. The highest BCUT2D eigenvalue weighted by Gasteiger charge is 2.38. The summed E-state index contributed by atoms with van der Waals surface area (Å²) in [6.07, 6.45) is 1.41. The van der Waals surface area contributed by atoms with Crippen molar-refractivity contribution < 1.29 is 14.4 Å². The first-order chi connectivity index (χ1) is 15.3. The van der Waals surface area contributed by atoms with E-state index in [1.807, 2.05) is 51.1 Å². The number of anilines is 2. The fourth-order valence-electron chi connectivity index (χ4n) is 4.46. The third-order valence-electron chi connectivity index (χ3n) is 6.21. The van der Waals surface area contributed by atoms with Crippen LogP contribution in [0.1, 0.15) is 36.2 Å². The summed E-state index contributed by atoms with van der Waals surface area (Å²) >= 11 is 0. The molecule has 0 saturated carbocycles. The number of likely N-dealkylation sites (tertiary alicyclic amines) is 1. The Kier molecular flexibility index (Phi) is 6.21. The fourth-order valence-corrected chi connectivity index (χ4v) is 4.46. The highest BCUT2D eigenvalue weighted by atomic mass is 16.2. The second kappa shape index (κ2) is 9.06. The molecule has 2 fully saturated rings. The zero-order valence-electron chi connectivity index (χ0n) is 18.8. The average molecular weight is 436 g/mol. The molecule has 1 aromatic carbocycles. The van der Waals surface area contributed by atoms with E-state index in [2.05, 4.69) is 15.3 Å². The molecule has 3 amide bonds. The van der Waals surface area contributed by atoms with Gasteiger partial charge in [0.2, 0.25) is 23.7 Å². The van der Waals surface area contributed by atoms with Gasteiger partial charge in [0, 0.05) is 49.0 Å². The van der Waals surface area contributed by atoms with Gasteiger partial charge in [0.1, 0.15) is 0 Å². The zero-order valence-corrected chi connectivity index (χ0v) is 18.8. The van der Waals surface area contributed by atoms with Crippen LogP contribution in [-0.2, 0) is 14.4 Å². The fraction of sp³-hybridized carbons (Fsp3) is 0.458. The Morgan fingerprint density at radius 3 is 2.22 bits per heavy atom. The van der Waals surface area contributed by atoms with Gasteiger partial charge in [-0.1, -0.05) is 17.7 Å². The molecule has 1 N–H and O–H groups in total. The molecule has 0 spiro atoms. The second-order valence-electron chi connectivity index (χ2n) is 8.80. The van der Waals surface area contributed by atoms with Gasteiger partial charge in [0.05, 0.1) is 5.92 Å². The first kappa shape index (κ1) is 21.9. The number of nitrogens with one attached hydrogen (secondary N) is 1. The van der Waals surface area contributed by atoms with Crippen LogP contribution in [0, 0.1) is 32.6 Å². The van der Waals surface area contributed by atoms with Gasteiger partial charge in [0.25, 0.3) is 0 Å². The van der Waals surface area contributed by atoms with Gasteiger partial charge in [-0.3, -0.25) is 19.7 Å². The summed E-state index contributed by atoms with van der Waals surface area (Å²) in [5, 5.41) is 2.81. The number of aryl methyl sites for hydroxylation is 3. The molecule has 0 bridgehead atoms. The lowest BCUT2D eigenvalue weighted by Gasteiger charge is -2.32. The van der Waals surface area contributed by atoms with Crippen LogP contribution in [0.15, 0.2) is 30.3 Å². The Morgan fingerprint density at radius 1 is 0.969 bits per heavy atom. The number of benzene rings is 1. The SMILES string of the molecule is Cc1ccc(N2C[C@@H](C(=O)N3CCC(C(=O)Nc4nc(C)cc(C)n4)CC3)CC2=O)cc1. The van der Waals surface area contributed by atoms with Gasteiger partial charge >= 0.3 is 0 Å². The average Bonchev–Trinajstić information content (AvgIpc) is 3.14. The number of carbonyl (C=O) groups excluding carboxylic acids is 3. The van der Waals surface area contributed by atoms with E-state index in [9.17, 15) is 14.4 Å². The minimum atomic E-state index is -0.335. The van der Waals surface area contributed by atoms with Gasteiger partial charge in [-0.25, -0.2) is 9.97 Å². The van der Waals surface area contributed by atoms with E-state index in [0.717, 1.165) is 22.6 Å². The van der Waals surface area contributed by atoms with Gasteiger partial charge in [-0.15, -0.1) is 0 Å². The van der Waals surface area contributed by atoms with Crippen molar-refractivity contribution >= 4 is 29.4 Å². The molecule has 2 aromatic rings. The third-order valence-corrected chi connectivity index (χ3v) is 6.21. The zero-order chi connectivity index (χ0) is 22.8. The van der Waals surface area contributed by atoms with Gasteiger partial charge in [0.15, 0.2) is 0 Å². The second-order valence-corrected chi connectivity index (χ2v) is 8.80. The van der Waals surface area contributed by atoms with Crippen molar-refractivity contribution in [2.75, 3.05) is 29.9 Å². The van der Waals surface area contributed by atoms with Crippen molar-refractivity contribution in [3.8, 4) is 0 Å². The lowest BCUT2D eigenvalue weighted by atomic mass is 9.94. The van der Waals surface area contributed by atoms with Gasteiger partial charge in [-0.05, 0) is 51.8 Å². The van der Waals surface area contributed by atoms with Crippen LogP contribution in [-0.4, -0.2) is 52.2 Å². The van der Waals surface area contributed by atoms with E-state index < -0.39 is 0 Å². The van der Waals surface area contributed by atoms with E-state index in [-0.39, 0.29) is 36.0 Å². The van der Waals surface area contributed by atoms with E-state index in [0.29, 0.717) is 38.4 Å². The number of carbonyl (C=O) groups is 3. The van der Waals surface area contributed by atoms with Crippen molar-refractivity contribution in [2.45, 2.75) is 40.0 Å². The van der Waals surface area contributed by atoms with E-state index in [1.54, 1.807) is 9.80 Å². The number of amides is 3. The van der Waals surface area contributed by atoms with Gasteiger partial charge in [-0.2, -0.15) is 0 Å².